The molecular weight excluding hydrogens is 152 g/mol. The van der Waals surface area contributed by atoms with E-state index in [2.05, 4.69) is 13.8 Å². The summed E-state index contributed by atoms with van der Waals surface area (Å²) in [7, 11) is 0. The highest BCUT2D eigenvalue weighted by atomic mass is 16.4. The van der Waals surface area contributed by atoms with Crippen LogP contribution in [-0.4, -0.2) is 11.1 Å². The number of hydrogen-bond donors (Lipinski definition) is 1. The summed E-state index contributed by atoms with van der Waals surface area (Å²) in [6, 6.07) is 0. The van der Waals surface area contributed by atoms with Crippen LogP contribution >= 0.6 is 0 Å². The molecule has 0 bridgehead atoms. The molecule has 0 unspecified atom stereocenters. The molecule has 2 nitrogen and oxygen atoms in total. The highest BCUT2D eigenvalue weighted by Gasteiger charge is 2.32. The standard InChI is InChI=1S/C10H18O2/c1-7(2)6-9(10(11)12)8-4-3-5-8/h7-9H,3-6H2,1-2H3,(H,11,12)/t9-/m1/s1. The largest absolute Gasteiger partial charge is 0.481 e. The summed E-state index contributed by atoms with van der Waals surface area (Å²) in [6.45, 7) is 4.18. The third-order valence-electron chi connectivity index (χ3n) is 2.76. The molecule has 1 aliphatic carbocycles. The first-order valence-electron chi connectivity index (χ1n) is 4.84. The Kier molecular flexibility index (Phi) is 3.12. The van der Waals surface area contributed by atoms with Crippen molar-refractivity contribution in [3.05, 3.63) is 0 Å². The van der Waals surface area contributed by atoms with Crippen molar-refractivity contribution in [2.45, 2.75) is 39.5 Å². The SMILES string of the molecule is CC(C)C[C@@H](C(=O)O)C1CCC1. The van der Waals surface area contributed by atoms with Gasteiger partial charge in [-0.05, 0) is 31.1 Å². The Bertz CT molecular complexity index is 159. The van der Waals surface area contributed by atoms with Gasteiger partial charge in [0.1, 0.15) is 0 Å². The minimum atomic E-state index is -0.589. The second kappa shape index (κ2) is 3.92. The van der Waals surface area contributed by atoms with E-state index in [0.29, 0.717) is 11.8 Å². The lowest BCUT2D eigenvalue weighted by Gasteiger charge is -2.31. The lowest BCUT2D eigenvalue weighted by Crippen LogP contribution is -2.29. The fraction of sp³-hybridized carbons (Fsp3) is 0.900. The van der Waals surface area contributed by atoms with Gasteiger partial charge in [-0.15, -0.1) is 0 Å². The van der Waals surface area contributed by atoms with Gasteiger partial charge in [0.2, 0.25) is 0 Å². The van der Waals surface area contributed by atoms with Crippen LogP contribution in [-0.2, 0) is 4.79 Å². The first-order chi connectivity index (χ1) is 5.61. The molecule has 0 radical (unpaired) electrons. The molecule has 0 aliphatic heterocycles. The molecule has 12 heavy (non-hydrogen) atoms. The average molecular weight is 170 g/mol. The summed E-state index contributed by atoms with van der Waals surface area (Å²) in [5.41, 5.74) is 0. The number of carbonyl (C=O) groups is 1. The summed E-state index contributed by atoms with van der Waals surface area (Å²) in [4.78, 5) is 10.9. The van der Waals surface area contributed by atoms with Gasteiger partial charge in [-0.1, -0.05) is 20.3 Å². The molecule has 1 N–H and O–H groups in total. The van der Waals surface area contributed by atoms with Crippen LogP contribution in [0.3, 0.4) is 0 Å². The Balaban J connectivity index is 2.42. The van der Waals surface area contributed by atoms with Gasteiger partial charge in [0.05, 0.1) is 5.92 Å². The predicted molar refractivity (Wildman–Crippen MR) is 47.9 cm³/mol. The van der Waals surface area contributed by atoms with Crippen LogP contribution in [0.1, 0.15) is 39.5 Å². The van der Waals surface area contributed by atoms with E-state index in [1.54, 1.807) is 0 Å². The van der Waals surface area contributed by atoms with Crippen LogP contribution < -0.4 is 0 Å². The molecule has 0 spiro atoms. The fourth-order valence-electron chi connectivity index (χ4n) is 1.84. The Morgan fingerprint density at radius 1 is 1.50 bits per heavy atom. The third kappa shape index (κ3) is 2.23. The molecule has 1 saturated carbocycles. The van der Waals surface area contributed by atoms with Crippen LogP contribution in [0.5, 0.6) is 0 Å². The quantitative estimate of drug-likeness (QED) is 0.704. The predicted octanol–water partition coefficient (Wildman–Crippen LogP) is 2.53. The van der Waals surface area contributed by atoms with Crippen molar-refractivity contribution < 1.29 is 9.90 Å². The molecule has 0 aromatic carbocycles. The van der Waals surface area contributed by atoms with Gasteiger partial charge in [-0.3, -0.25) is 4.79 Å². The van der Waals surface area contributed by atoms with E-state index in [1.807, 2.05) is 0 Å². The molecule has 0 amide bonds. The van der Waals surface area contributed by atoms with Gasteiger partial charge in [0.25, 0.3) is 0 Å². The lowest BCUT2D eigenvalue weighted by molar-refractivity contribution is -0.145. The number of carboxylic acids is 1. The molecule has 0 aromatic rings. The van der Waals surface area contributed by atoms with E-state index in [1.165, 1.54) is 6.42 Å². The van der Waals surface area contributed by atoms with Crippen molar-refractivity contribution in [3.8, 4) is 0 Å². The Morgan fingerprint density at radius 3 is 2.33 bits per heavy atom. The zero-order valence-electron chi connectivity index (χ0n) is 7.92. The molecule has 0 aromatic heterocycles. The van der Waals surface area contributed by atoms with Crippen LogP contribution in [0.15, 0.2) is 0 Å². The molecule has 1 rings (SSSR count). The maximum absolute atomic E-state index is 10.9. The summed E-state index contributed by atoms with van der Waals surface area (Å²) >= 11 is 0. The highest BCUT2D eigenvalue weighted by Crippen LogP contribution is 2.36. The molecule has 2 heteroatoms. The van der Waals surface area contributed by atoms with Gasteiger partial charge >= 0.3 is 5.97 Å². The van der Waals surface area contributed by atoms with E-state index in [4.69, 9.17) is 5.11 Å². The van der Waals surface area contributed by atoms with E-state index in [0.717, 1.165) is 19.3 Å². The van der Waals surface area contributed by atoms with E-state index < -0.39 is 5.97 Å². The highest BCUT2D eigenvalue weighted by molar-refractivity contribution is 5.70. The molecule has 1 atom stereocenters. The zero-order valence-corrected chi connectivity index (χ0v) is 7.92. The number of carboxylic acid groups (broad SMARTS) is 1. The molecule has 70 valence electrons. The Morgan fingerprint density at radius 2 is 2.08 bits per heavy atom. The maximum atomic E-state index is 10.9. The van der Waals surface area contributed by atoms with Gasteiger partial charge in [0, 0.05) is 0 Å². The average Bonchev–Trinajstić information content (AvgIpc) is 1.80. The zero-order chi connectivity index (χ0) is 9.14. The van der Waals surface area contributed by atoms with Crippen molar-refractivity contribution >= 4 is 5.97 Å². The van der Waals surface area contributed by atoms with E-state index in [9.17, 15) is 4.79 Å². The maximum Gasteiger partial charge on any atom is 0.306 e. The minimum absolute atomic E-state index is 0.0706. The summed E-state index contributed by atoms with van der Waals surface area (Å²) in [5.74, 6) is 0.323. The third-order valence-corrected chi connectivity index (χ3v) is 2.76. The molecule has 1 aliphatic rings. The first kappa shape index (κ1) is 9.56. The fourth-order valence-corrected chi connectivity index (χ4v) is 1.84. The number of aliphatic carboxylic acids is 1. The van der Waals surface area contributed by atoms with Crippen molar-refractivity contribution in [2.24, 2.45) is 17.8 Å². The molecule has 1 fully saturated rings. The normalized spacial score (nSPS) is 20.6. The smallest absolute Gasteiger partial charge is 0.306 e. The van der Waals surface area contributed by atoms with Crippen LogP contribution in [0, 0.1) is 17.8 Å². The Labute approximate surface area is 74.0 Å². The van der Waals surface area contributed by atoms with Crippen LogP contribution in [0.2, 0.25) is 0 Å². The molecule has 0 saturated heterocycles. The second-order valence-electron chi connectivity index (χ2n) is 4.27. The van der Waals surface area contributed by atoms with Crippen LogP contribution in [0.4, 0.5) is 0 Å². The van der Waals surface area contributed by atoms with Crippen molar-refractivity contribution in [1.82, 2.24) is 0 Å². The molecular formula is C10H18O2. The summed E-state index contributed by atoms with van der Waals surface area (Å²) in [6.07, 6.45) is 4.33. The van der Waals surface area contributed by atoms with E-state index >= 15 is 0 Å². The van der Waals surface area contributed by atoms with E-state index in [-0.39, 0.29) is 5.92 Å². The van der Waals surface area contributed by atoms with Gasteiger partial charge in [0.15, 0.2) is 0 Å². The van der Waals surface area contributed by atoms with Crippen LogP contribution in [0.25, 0.3) is 0 Å². The second-order valence-corrected chi connectivity index (χ2v) is 4.27. The van der Waals surface area contributed by atoms with Crippen molar-refractivity contribution in [2.75, 3.05) is 0 Å². The number of rotatable bonds is 4. The van der Waals surface area contributed by atoms with Gasteiger partial charge in [-0.25, -0.2) is 0 Å². The van der Waals surface area contributed by atoms with Gasteiger partial charge < -0.3 is 5.11 Å². The van der Waals surface area contributed by atoms with Crippen molar-refractivity contribution in [1.29, 1.82) is 0 Å². The first-order valence-corrected chi connectivity index (χ1v) is 4.84. The Hall–Kier alpha value is -0.530. The monoisotopic (exact) mass is 170 g/mol. The van der Waals surface area contributed by atoms with Gasteiger partial charge in [-0.2, -0.15) is 0 Å². The minimum Gasteiger partial charge on any atom is -0.481 e. The topological polar surface area (TPSA) is 37.3 Å². The summed E-state index contributed by atoms with van der Waals surface area (Å²) in [5, 5.41) is 8.96. The lowest BCUT2D eigenvalue weighted by atomic mass is 9.73. The van der Waals surface area contributed by atoms with Crippen molar-refractivity contribution in [3.63, 3.8) is 0 Å². The number of hydrogen-bond acceptors (Lipinski definition) is 1. The molecule has 0 heterocycles. The summed E-state index contributed by atoms with van der Waals surface area (Å²) < 4.78 is 0.